The van der Waals surface area contributed by atoms with Crippen LogP contribution in [0.25, 0.3) is 0 Å². The van der Waals surface area contributed by atoms with Crippen LogP contribution >= 0.6 is 15.8 Å². The monoisotopic (exact) mass is 368 g/mol. The predicted molar refractivity (Wildman–Crippen MR) is 99.1 cm³/mol. The molecular formula is C16H41CoNP2. The van der Waals surface area contributed by atoms with Crippen LogP contribution in [0.3, 0.4) is 0 Å². The molecule has 1 radical (unpaired) electrons. The minimum absolute atomic E-state index is 0. The Hall–Kier alpha value is 1.33. The summed E-state index contributed by atoms with van der Waals surface area (Å²) >= 11 is 0. The van der Waals surface area contributed by atoms with Gasteiger partial charge in [-0.2, -0.15) is 0 Å². The van der Waals surface area contributed by atoms with E-state index < -0.39 is 0 Å². The van der Waals surface area contributed by atoms with Gasteiger partial charge in [0.15, 0.2) is 0 Å². The van der Waals surface area contributed by atoms with Crippen LogP contribution in [0.15, 0.2) is 0 Å². The van der Waals surface area contributed by atoms with Crippen LogP contribution in [-0.4, -0.2) is 48.0 Å². The third kappa shape index (κ3) is 10.1. The summed E-state index contributed by atoms with van der Waals surface area (Å²) in [6.07, 6.45) is 2.90. The maximum absolute atomic E-state index is 2.58. The Bertz CT molecular complexity index is 195. The molecule has 1 nitrogen and oxygen atoms in total. The quantitative estimate of drug-likeness (QED) is 0.432. The van der Waals surface area contributed by atoms with E-state index in [-0.39, 0.29) is 36.9 Å². The molecule has 0 aliphatic heterocycles. The van der Waals surface area contributed by atoms with Gasteiger partial charge in [-0.25, -0.2) is 0 Å². The number of rotatable bonds is 10. The van der Waals surface area contributed by atoms with Crippen molar-refractivity contribution in [2.45, 2.75) is 78.0 Å². The van der Waals surface area contributed by atoms with Gasteiger partial charge in [0.1, 0.15) is 0 Å². The molecule has 0 atom stereocenters. The van der Waals surface area contributed by atoms with E-state index >= 15 is 0 Å². The zero-order valence-electron chi connectivity index (χ0n) is 17.9. The first-order chi connectivity index (χ1) is 8.77. The molecule has 4 heteroatoms. The molecule has 20 heavy (non-hydrogen) atoms. The molecule has 0 amide bonds. The summed E-state index contributed by atoms with van der Waals surface area (Å²) in [6, 6.07) is 0. The van der Waals surface area contributed by atoms with E-state index in [1.54, 1.807) is 0 Å². The van der Waals surface area contributed by atoms with Crippen molar-refractivity contribution in [1.82, 2.24) is 0 Å². The largest absolute Gasteiger partial charge is 2.00 e. The molecule has 0 aromatic heterocycles. The van der Waals surface area contributed by atoms with Gasteiger partial charge in [-0.3, -0.25) is 0 Å². The molecule has 0 unspecified atom stereocenters. The van der Waals surface area contributed by atoms with Crippen molar-refractivity contribution < 1.29 is 26.4 Å². The second-order valence-electron chi connectivity index (χ2n) is 6.72. The molecule has 0 aliphatic carbocycles. The Morgan fingerprint density at radius 3 is 1.10 bits per heavy atom. The normalized spacial score (nSPS) is 12.3. The third-order valence-electron chi connectivity index (χ3n) is 3.84. The van der Waals surface area contributed by atoms with Crippen LogP contribution in [-0.2, 0) is 16.8 Å². The first-order valence-electron chi connectivity index (χ1n) is 8.10. The van der Waals surface area contributed by atoms with Crippen LogP contribution in [0, 0.1) is 0 Å². The van der Waals surface area contributed by atoms with E-state index in [0.717, 1.165) is 22.6 Å². The Morgan fingerprint density at radius 1 is 0.650 bits per heavy atom. The molecule has 0 aliphatic rings. The third-order valence-corrected chi connectivity index (χ3v) is 10.7. The van der Waals surface area contributed by atoms with Crippen LogP contribution in [0.2, 0.25) is 0 Å². The van der Waals surface area contributed by atoms with Gasteiger partial charge in [0.2, 0.25) is 0 Å². The second kappa shape index (κ2) is 12.8. The smallest absolute Gasteiger partial charge is 1.00 e. The van der Waals surface area contributed by atoms with E-state index in [1.807, 2.05) is 0 Å². The minimum Gasteiger partial charge on any atom is -1.00 e. The molecule has 0 aromatic rings. The van der Waals surface area contributed by atoms with E-state index in [1.165, 1.54) is 25.4 Å². The fraction of sp³-hybridized carbons (Fsp3) is 1.00. The average molecular weight is 368 g/mol. The van der Waals surface area contributed by atoms with Gasteiger partial charge in [0.25, 0.3) is 0 Å². The van der Waals surface area contributed by atoms with Gasteiger partial charge < -0.3 is 9.60 Å². The summed E-state index contributed by atoms with van der Waals surface area (Å²) < 4.78 is 0. The molecule has 0 spiro atoms. The summed E-state index contributed by atoms with van der Waals surface area (Å²) in [6.45, 7) is 21.9. The number of quaternary nitrogens is 1. The minimum atomic E-state index is 0. The zero-order chi connectivity index (χ0) is 15.0. The molecule has 0 saturated carbocycles. The molecule has 0 aromatic carbocycles. The van der Waals surface area contributed by atoms with E-state index in [2.05, 4.69) is 60.7 Å². The standard InChI is InChI=1S/C16H37NP2.Co.3H/c1-13(2)18(14(3)4)11-9-17-10-12-19(15(5)6)16(7)8;;;;/h13-17H,9-12H2,1-8H3;;;;/q;+2;3*-1/p+1. The van der Waals surface area contributed by atoms with Crippen LogP contribution < -0.4 is 5.32 Å². The van der Waals surface area contributed by atoms with Crippen molar-refractivity contribution in [3.05, 3.63) is 0 Å². The molecular weight excluding hydrogens is 327 g/mol. The Kier molecular flexibility index (Phi) is 15.1. The van der Waals surface area contributed by atoms with Crippen molar-refractivity contribution in [2.24, 2.45) is 0 Å². The summed E-state index contributed by atoms with van der Waals surface area (Å²) in [4.78, 5) is 0. The average Bonchev–Trinajstić information content (AvgIpc) is 2.25. The fourth-order valence-corrected chi connectivity index (χ4v) is 8.26. The summed E-state index contributed by atoms with van der Waals surface area (Å²) in [5.41, 5.74) is 3.58. The molecule has 0 heterocycles. The molecule has 0 bridgehead atoms. The maximum atomic E-state index is 2.58. The summed E-state index contributed by atoms with van der Waals surface area (Å²) in [5, 5.41) is 2.58. The predicted octanol–water partition coefficient (Wildman–Crippen LogP) is 4.48. The van der Waals surface area contributed by atoms with Crippen molar-refractivity contribution in [3.63, 3.8) is 0 Å². The Morgan fingerprint density at radius 2 is 0.900 bits per heavy atom. The van der Waals surface area contributed by atoms with E-state index in [9.17, 15) is 0 Å². The SMILES string of the molecule is CC(C)P(CC[NH2+]CCP(C(C)C)C(C)C)C(C)C.[Co+2].[H-].[H-].[H-]. The Labute approximate surface area is 146 Å². The van der Waals surface area contributed by atoms with E-state index in [0.29, 0.717) is 0 Å². The molecule has 129 valence electrons. The van der Waals surface area contributed by atoms with Gasteiger partial charge in [-0.1, -0.05) is 71.2 Å². The molecule has 0 rings (SSSR count). The molecule has 2 N–H and O–H groups in total. The first-order valence-corrected chi connectivity index (χ1v) is 11.4. The molecule has 0 saturated heterocycles. The van der Waals surface area contributed by atoms with Crippen molar-refractivity contribution in [3.8, 4) is 0 Å². The fourth-order valence-electron chi connectivity index (χ4n) is 2.85. The number of hydrogen-bond donors (Lipinski definition) is 1. The van der Waals surface area contributed by atoms with Gasteiger partial charge >= 0.3 is 16.8 Å². The molecule has 0 fully saturated rings. The second-order valence-corrected chi connectivity index (χ2v) is 13.8. The summed E-state index contributed by atoms with van der Waals surface area (Å²) in [7, 11) is 0.477. The Balaban J connectivity index is -0.000000270. The number of hydrogen-bond acceptors (Lipinski definition) is 0. The maximum Gasteiger partial charge on any atom is 2.00 e. The van der Waals surface area contributed by atoms with Gasteiger partial charge in [-0.15, -0.1) is 0 Å². The first kappa shape index (κ1) is 23.6. The number of nitrogens with two attached hydrogens (primary N) is 1. The van der Waals surface area contributed by atoms with Crippen LogP contribution in [0.4, 0.5) is 0 Å². The summed E-state index contributed by atoms with van der Waals surface area (Å²) in [5.74, 6) is 0. The van der Waals surface area contributed by atoms with E-state index in [4.69, 9.17) is 0 Å². The van der Waals surface area contributed by atoms with Crippen LogP contribution in [0.5, 0.6) is 0 Å². The van der Waals surface area contributed by atoms with Gasteiger partial charge in [0.05, 0.1) is 13.1 Å². The zero-order valence-corrected chi connectivity index (χ0v) is 17.8. The topological polar surface area (TPSA) is 16.6 Å². The van der Waals surface area contributed by atoms with Crippen LogP contribution in [0.1, 0.15) is 59.7 Å². The van der Waals surface area contributed by atoms with Gasteiger partial charge in [-0.05, 0) is 22.6 Å². The van der Waals surface area contributed by atoms with Crippen molar-refractivity contribution in [2.75, 3.05) is 25.4 Å². The van der Waals surface area contributed by atoms with Gasteiger partial charge in [0, 0.05) is 12.3 Å². The van der Waals surface area contributed by atoms with Crippen molar-refractivity contribution >= 4 is 15.8 Å². The van der Waals surface area contributed by atoms with Crippen molar-refractivity contribution in [1.29, 1.82) is 0 Å².